The Hall–Kier alpha value is -2.58. The average molecular weight is 326 g/mol. The Labute approximate surface area is 142 Å². The lowest BCUT2D eigenvalue weighted by Gasteiger charge is -2.09. The molecular formula is C19H22N2O3. The third kappa shape index (κ3) is 4.24. The smallest absolute Gasteiger partial charge is 0.202 e. The molecule has 0 saturated heterocycles. The first-order valence-electron chi connectivity index (χ1n) is 7.88. The number of nitrogens with zero attached hydrogens (tertiary/aromatic N) is 2. The van der Waals surface area contributed by atoms with Gasteiger partial charge in [0.1, 0.15) is 5.75 Å². The van der Waals surface area contributed by atoms with E-state index in [0.717, 1.165) is 24.4 Å². The summed E-state index contributed by atoms with van der Waals surface area (Å²) < 4.78 is 12.8. The van der Waals surface area contributed by atoms with Gasteiger partial charge in [-0.15, -0.1) is 0 Å². The molecule has 0 spiro atoms. The molecule has 5 nitrogen and oxygen atoms in total. The molecule has 0 unspecified atom stereocenters. The fraction of sp³-hybridized carbons (Fsp3) is 0.368. The number of benzene rings is 1. The number of ketones is 1. The minimum Gasteiger partial charge on any atom is -0.485 e. The fourth-order valence-electron chi connectivity index (χ4n) is 2.65. The molecule has 1 aromatic carbocycles. The Bertz CT molecular complexity index is 739. The van der Waals surface area contributed by atoms with Gasteiger partial charge < -0.3 is 14.0 Å². The number of ether oxygens (including phenoxy) is 2. The van der Waals surface area contributed by atoms with E-state index in [1.54, 1.807) is 31.4 Å². The largest absolute Gasteiger partial charge is 0.485 e. The van der Waals surface area contributed by atoms with Gasteiger partial charge in [0.25, 0.3) is 0 Å². The number of nitriles is 1. The molecule has 2 rings (SSSR count). The number of aromatic nitrogens is 1. The highest BCUT2D eigenvalue weighted by Crippen LogP contribution is 2.18. The fourth-order valence-corrected chi connectivity index (χ4v) is 2.65. The molecule has 0 fully saturated rings. The summed E-state index contributed by atoms with van der Waals surface area (Å²) in [7, 11) is 1.69. The Morgan fingerprint density at radius 3 is 2.58 bits per heavy atom. The number of hydrogen-bond acceptors (Lipinski definition) is 4. The van der Waals surface area contributed by atoms with Crippen molar-refractivity contribution in [2.45, 2.75) is 26.8 Å². The number of carbonyl (C=O) groups is 1. The number of aryl methyl sites for hydroxylation is 1. The van der Waals surface area contributed by atoms with Gasteiger partial charge >= 0.3 is 0 Å². The molecule has 0 aliphatic rings. The molecule has 24 heavy (non-hydrogen) atoms. The molecule has 0 bridgehead atoms. The highest BCUT2D eigenvalue weighted by atomic mass is 16.5. The van der Waals surface area contributed by atoms with Gasteiger partial charge in [-0.05, 0) is 50.6 Å². The lowest BCUT2D eigenvalue weighted by Crippen LogP contribution is -2.13. The second kappa shape index (κ2) is 8.32. The van der Waals surface area contributed by atoms with E-state index in [2.05, 4.69) is 4.57 Å². The van der Waals surface area contributed by atoms with E-state index < -0.39 is 0 Å². The number of Topliss-reactive ketones (excluding diaryl/α,β-unsaturated/α-hetero) is 1. The van der Waals surface area contributed by atoms with Crippen molar-refractivity contribution in [1.82, 2.24) is 4.57 Å². The van der Waals surface area contributed by atoms with E-state index in [1.807, 2.05) is 26.0 Å². The van der Waals surface area contributed by atoms with Gasteiger partial charge in [0.05, 0.1) is 11.6 Å². The molecule has 0 saturated carbocycles. The van der Waals surface area contributed by atoms with Crippen LogP contribution in [0, 0.1) is 25.2 Å². The summed E-state index contributed by atoms with van der Waals surface area (Å²) in [5.41, 5.74) is 3.27. The van der Waals surface area contributed by atoms with Crippen LogP contribution in [0.2, 0.25) is 0 Å². The lowest BCUT2D eigenvalue weighted by atomic mass is 10.1. The molecule has 1 heterocycles. The van der Waals surface area contributed by atoms with Crippen molar-refractivity contribution in [2.24, 2.45) is 0 Å². The van der Waals surface area contributed by atoms with Crippen molar-refractivity contribution in [2.75, 3.05) is 20.3 Å². The summed E-state index contributed by atoms with van der Waals surface area (Å²) in [5, 5.41) is 8.78. The quantitative estimate of drug-likeness (QED) is 0.551. The second-order valence-electron chi connectivity index (χ2n) is 5.63. The zero-order chi connectivity index (χ0) is 17.5. The van der Waals surface area contributed by atoms with Gasteiger partial charge in [-0.1, -0.05) is 0 Å². The van der Waals surface area contributed by atoms with Crippen molar-refractivity contribution in [3.05, 3.63) is 52.8 Å². The highest BCUT2D eigenvalue weighted by molar-refractivity contribution is 5.98. The molecule has 0 N–H and O–H groups in total. The third-order valence-electron chi connectivity index (χ3n) is 3.96. The number of methoxy groups -OCH3 is 1. The maximum atomic E-state index is 12.4. The van der Waals surface area contributed by atoms with Crippen molar-refractivity contribution >= 4 is 5.78 Å². The third-order valence-corrected chi connectivity index (χ3v) is 3.96. The Morgan fingerprint density at radius 2 is 1.96 bits per heavy atom. The topological polar surface area (TPSA) is 64.2 Å². The summed E-state index contributed by atoms with van der Waals surface area (Å²) in [6.07, 6.45) is 0.905. The van der Waals surface area contributed by atoms with E-state index >= 15 is 0 Å². The molecule has 0 aliphatic carbocycles. The summed E-state index contributed by atoms with van der Waals surface area (Å²) in [5.74, 6) is 0.529. The van der Waals surface area contributed by atoms with Crippen LogP contribution < -0.4 is 4.74 Å². The summed E-state index contributed by atoms with van der Waals surface area (Å²) in [6.45, 7) is 5.46. The van der Waals surface area contributed by atoms with Gasteiger partial charge in [0.2, 0.25) is 5.78 Å². The normalized spacial score (nSPS) is 10.4. The van der Waals surface area contributed by atoms with Crippen LogP contribution >= 0.6 is 0 Å². The van der Waals surface area contributed by atoms with Gasteiger partial charge in [0, 0.05) is 37.2 Å². The Morgan fingerprint density at radius 1 is 1.25 bits per heavy atom. The van der Waals surface area contributed by atoms with Crippen LogP contribution in [0.1, 0.15) is 33.7 Å². The minimum atomic E-state index is -0.0505. The average Bonchev–Trinajstić information content (AvgIpc) is 2.88. The molecule has 126 valence electrons. The van der Waals surface area contributed by atoms with E-state index in [0.29, 0.717) is 23.5 Å². The van der Waals surface area contributed by atoms with Gasteiger partial charge in [-0.25, -0.2) is 0 Å². The van der Waals surface area contributed by atoms with E-state index in [-0.39, 0.29) is 12.4 Å². The monoisotopic (exact) mass is 326 g/mol. The summed E-state index contributed by atoms with van der Waals surface area (Å²) in [6, 6.07) is 10.7. The first-order valence-corrected chi connectivity index (χ1v) is 7.88. The van der Waals surface area contributed by atoms with Crippen LogP contribution in [0.15, 0.2) is 30.3 Å². The molecular weight excluding hydrogens is 304 g/mol. The number of rotatable bonds is 8. The maximum absolute atomic E-state index is 12.4. The minimum absolute atomic E-state index is 0.0196. The zero-order valence-corrected chi connectivity index (χ0v) is 14.3. The first-order chi connectivity index (χ1) is 11.6. The van der Waals surface area contributed by atoms with Crippen LogP contribution in [-0.2, 0) is 11.3 Å². The van der Waals surface area contributed by atoms with Gasteiger partial charge in [-0.3, -0.25) is 4.79 Å². The molecule has 0 atom stereocenters. The van der Waals surface area contributed by atoms with Crippen molar-refractivity contribution in [3.63, 3.8) is 0 Å². The number of carbonyl (C=O) groups excluding carboxylic acids is 1. The van der Waals surface area contributed by atoms with Crippen LogP contribution in [-0.4, -0.2) is 30.7 Å². The van der Waals surface area contributed by atoms with E-state index in [1.165, 1.54) is 0 Å². The van der Waals surface area contributed by atoms with Crippen molar-refractivity contribution in [3.8, 4) is 11.8 Å². The lowest BCUT2D eigenvalue weighted by molar-refractivity contribution is 0.0920. The SMILES string of the molecule is COCCCn1c(C)cc(C(=O)COc2ccc(C#N)cc2)c1C. The van der Waals surface area contributed by atoms with E-state index in [4.69, 9.17) is 14.7 Å². The molecule has 0 radical (unpaired) electrons. The predicted molar refractivity (Wildman–Crippen MR) is 91.4 cm³/mol. The molecule has 0 aliphatic heterocycles. The molecule has 2 aromatic rings. The molecule has 0 amide bonds. The Kier molecular flexibility index (Phi) is 6.16. The standard InChI is InChI=1S/C19H22N2O3/c1-14-11-18(15(2)21(14)9-4-10-23-3)19(22)13-24-17-7-5-16(12-20)6-8-17/h5-8,11H,4,9-10,13H2,1-3H3. The van der Waals surface area contributed by atoms with E-state index in [9.17, 15) is 4.79 Å². The van der Waals surface area contributed by atoms with Crippen molar-refractivity contribution < 1.29 is 14.3 Å². The van der Waals surface area contributed by atoms with Crippen LogP contribution in [0.3, 0.4) is 0 Å². The van der Waals surface area contributed by atoms with Gasteiger partial charge in [0.15, 0.2) is 6.61 Å². The molecule has 1 aromatic heterocycles. The van der Waals surface area contributed by atoms with Crippen molar-refractivity contribution in [1.29, 1.82) is 5.26 Å². The van der Waals surface area contributed by atoms with Crippen LogP contribution in [0.25, 0.3) is 0 Å². The van der Waals surface area contributed by atoms with Crippen LogP contribution in [0.4, 0.5) is 0 Å². The zero-order valence-electron chi connectivity index (χ0n) is 14.3. The molecule has 5 heteroatoms. The Balaban J connectivity index is 2.01. The summed E-state index contributed by atoms with van der Waals surface area (Å²) >= 11 is 0. The summed E-state index contributed by atoms with van der Waals surface area (Å²) in [4.78, 5) is 12.4. The van der Waals surface area contributed by atoms with Crippen LogP contribution in [0.5, 0.6) is 5.75 Å². The number of hydrogen-bond donors (Lipinski definition) is 0. The van der Waals surface area contributed by atoms with Gasteiger partial charge in [-0.2, -0.15) is 5.26 Å². The maximum Gasteiger partial charge on any atom is 0.202 e. The predicted octanol–water partition coefficient (Wildman–Crippen LogP) is 3.27. The highest BCUT2D eigenvalue weighted by Gasteiger charge is 2.16. The first kappa shape index (κ1) is 17.8. The second-order valence-corrected chi connectivity index (χ2v) is 5.63.